The molecule has 0 unspecified atom stereocenters. The van der Waals surface area contributed by atoms with Crippen LogP contribution in [-0.4, -0.2) is 26.3 Å². The van der Waals surface area contributed by atoms with Gasteiger partial charge in [-0.25, -0.2) is 0 Å². The Morgan fingerprint density at radius 2 is 1.55 bits per heavy atom. The largest absolute Gasteiger partial charge is 0.345 e. The van der Waals surface area contributed by atoms with Crippen molar-refractivity contribution in [2.75, 3.05) is 13.1 Å². The standard InChI is InChI=1S/C14H23N2O3S/c1-11-9-12(2)14(13(3)10-11)20(17,18)19-16(15)7-5-4-6-8-16/h9-10H,4-8,15H2,1-3H3/q+1. The number of rotatable bonds is 3. The van der Waals surface area contributed by atoms with Gasteiger partial charge >= 0.3 is 10.1 Å². The molecule has 1 fully saturated rings. The number of nitrogens with zero attached hydrogens (tertiary/aromatic N) is 1. The van der Waals surface area contributed by atoms with Gasteiger partial charge in [-0.05, 0) is 42.6 Å². The Hall–Kier alpha value is -0.950. The third-order valence-corrected chi connectivity index (χ3v) is 5.31. The highest BCUT2D eigenvalue weighted by atomic mass is 32.2. The minimum Gasteiger partial charge on any atom is -0.189 e. The van der Waals surface area contributed by atoms with Gasteiger partial charge in [0.05, 0.1) is 0 Å². The molecule has 20 heavy (non-hydrogen) atoms. The fourth-order valence-corrected chi connectivity index (χ4v) is 4.44. The number of hydrogen-bond donors (Lipinski definition) is 1. The quantitative estimate of drug-likeness (QED) is 0.685. The molecule has 0 saturated carbocycles. The van der Waals surface area contributed by atoms with Gasteiger partial charge in [0.15, 0.2) is 0 Å². The van der Waals surface area contributed by atoms with Gasteiger partial charge in [-0.1, -0.05) is 22.5 Å². The summed E-state index contributed by atoms with van der Waals surface area (Å²) in [5.74, 6) is 6.05. The molecule has 2 N–H and O–H groups in total. The van der Waals surface area contributed by atoms with Gasteiger partial charge in [0.25, 0.3) is 0 Å². The van der Waals surface area contributed by atoms with Crippen molar-refractivity contribution in [2.24, 2.45) is 5.84 Å². The van der Waals surface area contributed by atoms with Crippen LogP contribution in [0.3, 0.4) is 0 Å². The van der Waals surface area contributed by atoms with Gasteiger partial charge in [0.2, 0.25) is 0 Å². The van der Waals surface area contributed by atoms with Crippen molar-refractivity contribution >= 4 is 10.1 Å². The molecule has 0 spiro atoms. The summed E-state index contributed by atoms with van der Waals surface area (Å²) in [4.78, 5) is 0.247. The molecule has 1 saturated heterocycles. The van der Waals surface area contributed by atoms with Crippen LogP contribution in [0, 0.1) is 20.8 Å². The van der Waals surface area contributed by atoms with Crippen LogP contribution < -0.4 is 5.84 Å². The molecule has 1 heterocycles. The van der Waals surface area contributed by atoms with E-state index in [1.165, 1.54) is 0 Å². The number of aryl methyl sites for hydroxylation is 3. The van der Waals surface area contributed by atoms with Gasteiger partial charge in [-0.15, -0.1) is 5.84 Å². The highest BCUT2D eigenvalue weighted by Crippen LogP contribution is 2.26. The van der Waals surface area contributed by atoms with E-state index in [2.05, 4.69) is 0 Å². The first kappa shape index (κ1) is 15.4. The van der Waals surface area contributed by atoms with E-state index < -0.39 is 10.1 Å². The maximum atomic E-state index is 12.5. The highest BCUT2D eigenvalue weighted by Gasteiger charge is 2.37. The molecule has 1 aromatic carbocycles. The zero-order valence-electron chi connectivity index (χ0n) is 12.3. The van der Waals surface area contributed by atoms with Crippen molar-refractivity contribution in [1.29, 1.82) is 0 Å². The van der Waals surface area contributed by atoms with Gasteiger partial charge < -0.3 is 0 Å². The summed E-state index contributed by atoms with van der Waals surface area (Å²) in [6.07, 6.45) is 2.85. The van der Waals surface area contributed by atoms with Crippen LogP contribution in [0.4, 0.5) is 0 Å². The van der Waals surface area contributed by atoms with Crippen LogP contribution in [-0.2, 0) is 14.4 Å². The molecule has 2 rings (SSSR count). The number of nitrogens with two attached hydrogens (primary N) is 1. The highest BCUT2D eigenvalue weighted by molar-refractivity contribution is 7.86. The average molecular weight is 299 g/mol. The number of quaternary nitrogens is 1. The number of piperidine rings is 1. The SMILES string of the molecule is Cc1cc(C)c(S(=O)(=O)O[N+]2(N)CCCCC2)c(C)c1. The maximum absolute atomic E-state index is 12.5. The molecular formula is C14H23N2O3S+. The van der Waals surface area contributed by atoms with E-state index in [1.54, 1.807) is 13.8 Å². The van der Waals surface area contributed by atoms with E-state index in [9.17, 15) is 8.42 Å². The summed E-state index contributed by atoms with van der Waals surface area (Å²) in [7, 11) is -3.85. The van der Waals surface area contributed by atoms with Crippen molar-refractivity contribution in [1.82, 2.24) is 0 Å². The molecule has 1 aliphatic rings. The Morgan fingerprint density at radius 3 is 2.05 bits per heavy atom. The van der Waals surface area contributed by atoms with E-state index in [4.69, 9.17) is 10.1 Å². The predicted molar refractivity (Wildman–Crippen MR) is 77.0 cm³/mol. The summed E-state index contributed by atoms with van der Waals surface area (Å²) >= 11 is 0. The molecule has 0 aromatic heterocycles. The van der Waals surface area contributed by atoms with Crippen LogP contribution in [0.25, 0.3) is 0 Å². The molecule has 112 valence electrons. The van der Waals surface area contributed by atoms with Crippen molar-refractivity contribution in [3.8, 4) is 0 Å². The number of benzene rings is 1. The van der Waals surface area contributed by atoms with Crippen LogP contribution in [0.5, 0.6) is 0 Å². The van der Waals surface area contributed by atoms with E-state index in [0.29, 0.717) is 24.2 Å². The number of hydrogen-bond acceptors (Lipinski definition) is 4. The molecule has 0 bridgehead atoms. The van der Waals surface area contributed by atoms with Gasteiger partial charge in [-0.3, -0.25) is 0 Å². The topological polar surface area (TPSA) is 69.4 Å². The first-order valence-electron chi connectivity index (χ1n) is 6.93. The number of hydroxylamine groups is 2. The van der Waals surface area contributed by atoms with Gasteiger partial charge in [0.1, 0.15) is 18.0 Å². The molecule has 1 aliphatic heterocycles. The Labute approximate surface area is 121 Å². The Kier molecular flexibility index (Phi) is 4.20. The first-order chi connectivity index (χ1) is 9.23. The summed E-state index contributed by atoms with van der Waals surface area (Å²) in [6, 6.07) is 3.70. The van der Waals surface area contributed by atoms with Crippen molar-refractivity contribution < 1.29 is 17.5 Å². The zero-order chi connectivity index (χ0) is 15.0. The molecule has 0 atom stereocenters. The summed E-state index contributed by atoms with van der Waals surface area (Å²) in [5, 5.41) is 0. The molecule has 0 radical (unpaired) electrons. The average Bonchev–Trinajstić information content (AvgIpc) is 2.25. The van der Waals surface area contributed by atoms with Crippen molar-refractivity contribution in [3.63, 3.8) is 0 Å². The molecule has 6 heteroatoms. The van der Waals surface area contributed by atoms with Crippen LogP contribution >= 0.6 is 0 Å². The fraction of sp³-hybridized carbons (Fsp3) is 0.571. The lowest BCUT2D eigenvalue weighted by atomic mass is 10.1. The third-order valence-electron chi connectivity index (χ3n) is 3.67. The van der Waals surface area contributed by atoms with Gasteiger partial charge in [-0.2, -0.15) is 8.42 Å². The molecule has 5 nitrogen and oxygen atoms in total. The van der Waals surface area contributed by atoms with Crippen LogP contribution in [0.2, 0.25) is 0 Å². The lowest BCUT2D eigenvalue weighted by Gasteiger charge is -2.31. The molecule has 0 aliphatic carbocycles. The smallest absolute Gasteiger partial charge is 0.189 e. The Balaban J connectivity index is 2.36. The second kappa shape index (κ2) is 5.44. The lowest BCUT2D eigenvalue weighted by molar-refractivity contribution is -1.09. The monoisotopic (exact) mass is 299 g/mol. The normalized spacial score (nSPS) is 19.0. The predicted octanol–water partition coefficient (Wildman–Crippen LogP) is 2.11. The van der Waals surface area contributed by atoms with Crippen LogP contribution in [0.15, 0.2) is 17.0 Å². The van der Waals surface area contributed by atoms with E-state index in [-0.39, 0.29) is 9.65 Å². The van der Waals surface area contributed by atoms with E-state index in [0.717, 1.165) is 24.8 Å². The zero-order valence-corrected chi connectivity index (χ0v) is 13.2. The van der Waals surface area contributed by atoms with Crippen molar-refractivity contribution in [3.05, 3.63) is 28.8 Å². The second-order valence-electron chi connectivity index (χ2n) is 5.72. The fourth-order valence-electron chi connectivity index (χ4n) is 2.92. The lowest BCUT2D eigenvalue weighted by Crippen LogP contribution is -2.58. The van der Waals surface area contributed by atoms with Gasteiger partial charge in [0, 0.05) is 12.8 Å². The Bertz CT molecular complexity index is 582. The molecule has 1 aromatic rings. The molecular weight excluding hydrogens is 276 g/mol. The Morgan fingerprint density at radius 1 is 1.05 bits per heavy atom. The van der Waals surface area contributed by atoms with E-state index in [1.807, 2.05) is 19.1 Å². The first-order valence-corrected chi connectivity index (χ1v) is 8.34. The summed E-state index contributed by atoms with van der Waals surface area (Å²) in [5.41, 5.74) is 2.44. The second-order valence-corrected chi connectivity index (χ2v) is 7.18. The maximum Gasteiger partial charge on any atom is 0.345 e. The minimum atomic E-state index is -3.85. The summed E-state index contributed by atoms with van der Waals surface area (Å²) < 4.78 is 30.1. The summed E-state index contributed by atoms with van der Waals surface area (Å²) in [6.45, 7) is 6.58. The van der Waals surface area contributed by atoms with E-state index >= 15 is 0 Å². The minimum absolute atomic E-state index is 0.247. The van der Waals surface area contributed by atoms with Crippen molar-refractivity contribution in [2.45, 2.75) is 44.9 Å². The third kappa shape index (κ3) is 3.20. The molecule has 0 amide bonds. The van der Waals surface area contributed by atoms with Crippen LogP contribution in [0.1, 0.15) is 36.0 Å².